The van der Waals surface area contributed by atoms with Crippen LogP contribution in [0, 0.1) is 12.7 Å². The van der Waals surface area contributed by atoms with Gasteiger partial charge in [-0.1, -0.05) is 0 Å². The van der Waals surface area contributed by atoms with Gasteiger partial charge in [-0.15, -0.1) is 5.10 Å². The monoisotopic (exact) mass is 418 g/mol. The van der Waals surface area contributed by atoms with Gasteiger partial charge in [0, 0.05) is 11.3 Å². The third-order valence-electron chi connectivity index (χ3n) is 4.41. The molecular formula is C20H14F4N4O2. The van der Waals surface area contributed by atoms with E-state index in [1.54, 1.807) is 41.9 Å². The van der Waals surface area contributed by atoms with Crippen molar-refractivity contribution in [1.82, 2.24) is 14.6 Å². The molecule has 2 aromatic heterocycles. The Balaban J connectivity index is 1.48. The average molecular weight is 418 g/mol. The Morgan fingerprint density at radius 3 is 2.57 bits per heavy atom. The molecule has 0 saturated heterocycles. The van der Waals surface area contributed by atoms with E-state index in [0.29, 0.717) is 46.9 Å². The summed E-state index contributed by atoms with van der Waals surface area (Å²) in [4.78, 5) is 16.3. The van der Waals surface area contributed by atoms with Crippen LogP contribution in [0.4, 0.5) is 23.2 Å². The Hall–Kier alpha value is -3.69. The number of nitrogens with one attached hydrogen (secondary N) is 1. The lowest BCUT2D eigenvalue weighted by atomic mass is 10.0. The fraction of sp³-hybridized carbons (Fsp3) is 0.150. The number of aromatic nitrogens is 3. The zero-order valence-corrected chi connectivity index (χ0v) is 15.5. The van der Waals surface area contributed by atoms with Crippen LogP contribution in [0.2, 0.25) is 0 Å². The molecule has 1 N–H and O–H groups in total. The number of hydrogen-bond donors (Lipinski definition) is 1. The van der Waals surface area contributed by atoms with Crippen molar-refractivity contribution in [2.45, 2.75) is 19.5 Å². The predicted molar refractivity (Wildman–Crippen MR) is 99.2 cm³/mol. The maximum Gasteiger partial charge on any atom is 0.416 e. The van der Waals surface area contributed by atoms with Crippen LogP contribution < -0.4 is 5.32 Å². The summed E-state index contributed by atoms with van der Waals surface area (Å²) < 4.78 is 59.7. The lowest BCUT2D eigenvalue weighted by Gasteiger charge is -2.13. The second-order valence-corrected chi connectivity index (χ2v) is 6.56. The molecule has 0 saturated carbocycles. The Morgan fingerprint density at radius 2 is 1.90 bits per heavy atom. The summed E-state index contributed by atoms with van der Waals surface area (Å²) >= 11 is 0. The lowest BCUT2D eigenvalue weighted by molar-refractivity contribution is -0.138. The highest BCUT2D eigenvalue weighted by Gasteiger charge is 2.33. The van der Waals surface area contributed by atoms with E-state index < -0.39 is 35.4 Å². The van der Waals surface area contributed by atoms with Gasteiger partial charge in [0.05, 0.1) is 18.2 Å². The number of imidazole rings is 1. The number of halogens is 4. The predicted octanol–water partition coefficient (Wildman–Crippen LogP) is 4.64. The molecule has 0 aliphatic heterocycles. The molecule has 10 heteroatoms. The molecule has 0 fully saturated rings. The first-order valence-electron chi connectivity index (χ1n) is 8.78. The molecule has 154 valence electrons. The number of aryl methyl sites for hydroxylation is 1. The third kappa shape index (κ3) is 3.88. The number of rotatable bonds is 4. The van der Waals surface area contributed by atoms with E-state index in [0.717, 1.165) is 0 Å². The quantitative estimate of drug-likeness (QED) is 0.490. The van der Waals surface area contributed by atoms with Crippen molar-refractivity contribution >= 4 is 17.3 Å². The van der Waals surface area contributed by atoms with Gasteiger partial charge in [0.1, 0.15) is 11.6 Å². The highest BCUT2D eigenvalue weighted by atomic mass is 19.4. The fourth-order valence-corrected chi connectivity index (χ4v) is 3.00. The minimum atomic E-state index is -4.68. The van der Waals surface area contributed by atoms with Crippen LogP contribution in [0.5, 0.6) is 0 Å². The molecule has 0 aliphatic rings. The number of carbonyl (C=O) groups is 1. The second-order valence-electron chi connectivity index (χ2n) is 6.56. The van der Waals surface area contributed by atoms with E-state index >= 15 is 0 Å². The van der Waals surface area contributed by atoms with Gasteiger partial charge in [-0.05, 0) is 55.0 Å². The van der Waals surface area contributed by atoms with Gasteiger partial charge in [0.15, 0.2) is 0 Å². The summed E-state index contributed by atoms with van der Waals surface area (Å²) in [6.45, 7) is 1.78. The van der Waals surface area contributed by atoms with E-state index in [4.69, 9.17) is 4.42 Å². The largest absolute Gasteiger partial charge is 0.417 e. The Morgan fingerprint density at radius 1 is 1.17 bits per heavy atom. The zero-order chi connectivity index (χ0) is 21.5. The fourth-order valence-electron chi connectivity index (χ4n) is 3.00. The maximum atomic E-state index is 13.4. The van der Waals surface area contributed by atoms with Crippen molar-refractivity contribution in [3.63, 3.8) is 0 Å². The molecule has 0 unspecified atom stereocenters. The van der Waals surface area contributed by atoms with Crippen LogP contribution in [-0.4, -0.2) is 20.5 Å². The van der Waals surface area contributed by atoms with E-state index in [2.05, 4.69) is 15.4 Å². The molecular weight excluding hydrogens is 404 g/mol. The minimum absolute atomic E-state index is 0.350. The van der Waals surface area contributed by atoms with Crippen LogP contribution in [0.3, 0.4) is 0 Å². The van der Waals surface area contributed by atoms with Crippen LogP contribution in [0.1, 0.15) is 17.0 Å². The van der Waals surface area contributed by atoms with E-state index in [-0.39, 0.29) is 0 Å². The molecule has 2 heterocycles. The van der Waals surface area contributed by atoms with Crippen molar-refractivity contribution in [1.29, 1.82) is 0 Å². The molecule has 0 aliphatic carbocycles. The second kappa shape index (κ2) is 7.29. The normalized spacial score (nSPS) is 11.8. The summed E-state index contributed by atoms with van der Waals surface area (Å²) in [5.74, 6) is -0.531. The van der Waals surface area contributed by atoms with Crippen molar-refractivity contribution in [2.75, 3.05) is 5.32 Å². The summed E-state index contributed by atoms with van der Waals surface area (Å²) in [5.41, 5.74) is 0.0107. The molecule has 1 amide bonds. The van der Waals surface area contributed by atoms with Crippen molar-refractivity contribution in [2.24, 2.45) is 0 Å². The third-order valence-corrected chi connectivity index (χ3v) is 4.41. The topological polar surface area (TPSA) is 72.4 Å². The number of hydrogen-bond acceptors (Lipinski definition) is 4. The molecule has 0 atom stereocenters. The molecule has 30 heavy (non-hydrogen) atoms. The van der Waals surface area contributed by atoms with Crippen LogP contribution >= 0.6 is 0 Å². The number of anilines is 1. The van der Waals surface area contributed by atoms with E-state index in [1.165, 1.54) is 0 Å². The van der Waals surface area contributed by atoms with Crippen LogP contribution in [-0.2, 0) is 17.4 Å². The molecule has 0 spiro atoms. The van der Waals surface area contributed by atoms with Gasteiger partial charge in [0.2, 0.25) is 17.5 Å². The highest BCUT2D eigenvalue weighted by molar-refractivity contribution is 5.92. The standard InChI is InChI=1S/C20H14F4N4O2/c1-11-25-10-18-28(11)27-19(30-18)12-2-5-15(6-3-12)26-17(29)9-13-8-14(21)4-7-16(13)20(22,23)24/h2-8,10H,9H2,1H3,(H,26,29). The molecule has 4 rings (SSSR count). The summed E-state index contributed by atoms with van der Waals surface area (Å²) in [5, 5.41) is 6.79. The first kappa shape index (κ1) is 19.6. The van der Waals surface area contributed by atoms with Crippen molar-refractivity contribution < 1.29 is 26.8 Å². The molecule has 4 aromatic rings. The average Bonchev–Trinajstić information content (AvgIpc) is 3.23. The van der Waals surface area contributed by atoms with Crippen molar-refractivity contribution in [3.05, 3.63) is 71.4 Å². The first-order valence-corrected chi connectivity index (χ1v) is 8.78. The molecule has 2 aromatic carbocycles. The maximum absolute atomic E-state index is 13.4. The van der Waals surface area contributed by atoms with Gasteiger partial charge in [-0.25, -0.2) is 9.37 Å². The summed E-state index contributed by atoms with van der Waals surface area (Å²) in [7, 11) is 0. The van der Waals surface area contributed by atoms with Gasteiger partial charge >= 0.3 is 6.18 Å². The van der Waals surface area contributed by atoms with Gasteiger partial charge in [0.25, 0.3) is 0 Å². The Kier molecular flexibility index (Phi) is 4.76. The highest BCUT2D eigenvalue weighted by Crippen LogP contribution is 2.32. The lowest BCUT2D eigenvalue weighted by Crippen LogP contribution is -2.18. The zero-order valence-electron chi connectivity index (χ0n) is 15.5. The number of carbonyl (C=O) groups excluding carboxylic acids is 1. The summed E-state index contributed by atoms with van der Waals surface area (Å²) in [6, 6.07) is 8.47. The SMILES string of the molecule is Cc1ncc2oc(-c3ccc(NC(=O)Cc4cc(F)ccc4C(F)(F)F)cc3)nn12. The summed E-state index contributed by atoms with van der Waals surface area (Å²) in [6.07, 6.45) is -3.76. The molecule has 0 radical (unpaired) electrons. The number of nitrogens with zero attached hydrogens (tertiary/aromatic N) is 3. The van der Waals surface area contributed by atoms with Crippen LogP contribution in [0.25, 0.3) is 17.2 Å². The van der Waals surface area contributed by atoms with Gasteiger partial charge in [-0.3, -0.25) is 4.79 Å². The van der Waals surface area contributed by atoms with Gasteiger partial charge < -0.3 is 9.73 Å². The number of fused-ring (bicyclic) bond motifs is 1. The van der Waals surface area contributed by atoms with Crippen molar-refractivity contribution in [3.8, 4) is 11.5 Å². The van der Waals surface area contributed by atoms with Crippen LogP contribution in [0.15, 0.2) is 53.1 Å². The number of amides is 1. The Labute approximate surface area is 167 Å². The van der Waals surface area contributed by atoms with Gasteiger partial charge in [-0.2, -0.15) is 17.7 Å². The smallest absolute Gasteiger partial charge is 0.416 e. The Bertz CT molecular complexity index is 1230. The first-order chi connectivity index (χ1) is 14.2. The van der Waals surface area contributed by atoms with E-state index in [9.17, 15) is 22.4 Å². The number of alkyl halides is 3. The molecule has 6 nitrogen and oxygen atoms in total. The number of benzene rings is 2. The minimum Gasteiger partial charge on any atom is -0.417 e. The molecule has 0 bridgehead atoms. The van der Waals surface area contributed by atoms with E-state index in [1.807, 2.05) is 0 Å².